The fourth-order valence-corrected chi connectivity index (χ4v) is 2.54. The van der Waals surface area contributed by atoms with Crippen molar-refractivity contribution in [2.75, 3.05) is 0 Å². The third-order valence-corrected chi connectivity index (χ3v) is 3.73. The van der Waals surface area contributed by atoms with Crippen molar-refractivity contribution in [1.82, 2.24) is 0 Å². The first-order valence-electron chi connectivity index (χ1n) is 4.97. The molecule has 2 aromatic carbocycles. The molecule has 0 aliphatic heterocycles. The van der Waals surface area contributed by atoms with Crippen LogP contribution in [0.15, 0.2) is 51.8 Å². The lowest BCUT2D eigenvalue weighted by Gasteiger charge is -2.03. The summed E-state index contributed by atoms with van der Waals surface area (Å²) in [7, 11) is 0. The van der Waals surface area contributed by atoms with Crippen molar-refractivity contribution in [3.63, 3.8) is 0 Å². The Labute approximate surface area is 111 Å². The molecule has 0 N–H and O–H groups in total. The van der Waals surface area contributed by atoms with Crippen LogP contribution in [0.2, 0.25) is 0 Å². The lowest BCUT2D eigenvalue weighted by molar-refractivity contribution is 0.577. The molecule has 2 rings (SSSR count). The van der Waals surface area contributed by atoms with Gasteiger partial charge in [0.25, 0.3) is 0 Å². The summed E-state index contributed by atoms with van der Waals surface area (Å²) in [5, 5.41) is 0. The van der Waals surface area contributed by atoms with Gasteiger partial charge < -0.3 is 0 Å². The van der Waals surface area contributed by atoms with Crippen LogP contribution in [0.4, 0.5) is 8.78 Å². The molecule has 0 heterocycles. The van der Waals surface area contributed by atoms with Gasteiger partial charge in [-0.3, -0.25) is 0 Å². The minimum Gasteiger partial charge on any atom is -0.207 e. The molecule has 88 valence electrons. The van der Waals surface area contributed by atoms with Crippen LogP contribution in [-0.2, 0) is 5.75 Å². The van der Waals surface area contributed by atoms with Crippen molar-refractivity contribution >= 4 is 27.7 Å². The third-order valence-electron chi connectivity index (χ3n) is 2.15. The summed E-state index contributed by atoms with van der Waals surface area (Å²) >= 11 is 4.77. The predicted molar refractivity (Wildman–Crippen MR) is 70.1 cm³/mol. The second kappa shape index (κ2) is 5.65. The van der Waals surface area contributed by atoms with Crippen molar-refractivity contribution in [3.05, 3.63) is 64.1 Å². The molecule has 17 heavy (non-hydrogen) atoms. The van der Waals surface area contributed by atoms with Crippen LogP contribution in [0, 0.1) is 11.6 Å². The van der Waals surface area contributed by atoms with E-state index in [1.54, 1.807) is 0 Å². The second-order valence-corrected chi connectivity index (χ2v) is 5.48. The van der Waals surface area contributed by atoms with E-state index in [1.807, 2.05) is 24.3 Å². The Bertz CT molecular complexity index is 491. The lowest BCUT2D eigenvalue weighted by Crippen LogP contribution is -1.84. The molecule has 0 radical (unpaired) electrons. The van der Waals surface area contributed by atoms with Gasteiger partial charge in [0.15, 0.2) is 0 Å². The Hall–Kier alpha value is -0.870. The monoisotopic (exact) mass is 314 g/mol. The van der Waals surface area contributed by atoms with Gasteiger partial charge in [-0.2, -0.15) is 0 Å². The maximum absolute atomic E-state index is 12.9. The summed E-state index contributed by atoms with van der Waals surface area (Å²) in [5.41, 5.74) is 1.11. The predicted octanol–water partition coefficient (Wildman–Crippen LogP) is 5.02. The van der Waals surface area contributed by atoms with E-state index in [2.05, 4.69) is 15.9 Å². The molecule has 2 aromatic rings. The molecule has 0 atom stereocenters. The van der Waals surface area contributed by atoms with Gasteiger partial charge in [-0.1, -0.05) is 28.1 Å². The van der Waals surface area contributed by atoms with Crippen LogP contribution in [0.1, 0.15) is 5.56 Å². The molecule has 4 heteroatoms. The Morgan fingerprint density at radius 3 is 2.12 bits per heavy atom. The maximum atomic E-state index is 12.9. The highest BCUT2D eigenvalue weighted by Crippen LogP contribution is 2.25. The highest BCUT2D eigenvalue weighted by Gasteiger charge is 2.02. The number of halogens is 3. The maximum Gasteiger partial charge on any atom is 0.127 e. The SMILES string of the molecule is Fc1cc(F)cc(SCc2ccc(Br)cc2)c1. The van der Waals surface area contributed by atoms with E-state index in [1.165, 1.54) is 23.9 Å². The Balaban J connectivity index is 2.04. The first-order chi connectivity index (χ1) is 8.13. The number of rotatable bonds is 3. The van der Waals surface area contributed by atoms with Crippen molar-refractivity contribution in [2.24, 2.45) is 0 Å². The normalized spacial score (nSPS) is 10.5. The molecular weight excluding hydrogens is 306 g/mol. The minimum absolute atomic E-state index is 0.539. The van der Waals surface area contributed by atoms with Crippen molar-refractivity contribution < 1.29 is 8.78 Å². The van der Waals surface area contributed by atoms with Gasteiger partial charge in [0.05, 0.1) is 0 Å². The van der Waals surface area contributed by atoms with Crippen LogP contribution in [-0.4, -0.2) is 0 Å². The van der Waals surface area contributed by atoms with Gasteiger partial charge in [0.1, 0.15) is 11.6 Å². The van der Waals surface area contributed by atoms with Gasteiger partial charge >= 0.3 is 0 Å². The molecule has 0 nitrogen and oxygen atoms in total. The summed E-state index contributed by atoms with van der Waals surface area (Å²) in [6.45, 7) is 0. The van der Waals surface area contributed by atoms with Crippen molar-refractivity contribution in [3.8, 4) is 0 Å². The average molecular weight is 315 g/mol. The van der Waals surface area contributed by atoms with E-state index in [0.717, 1.165) is 16.1 Å². The van der Waals surface area contributed by atoms with Gasteiger partial charge in [0.2, 0.25) is 0 Å². The standard InChI is InChI=1S/C13H9BrF2S/c14-10-3-1-9(2-4-10)8-17-13-6-11(15)5-12(16)7-13/h1-7H,8H2. The van der Waals surface area contributed by atoms with Crippen LogP contribution in [0.5, 0.6) is 0 Å². The summed E-state index contributed by atoms with van der Waals surface area (Å²) in [5.74, 6) is -0.387. The zero-order valence-corrected chi connectivity index (χ0v) is 11.2. The molecule has 0 saturated carbocycles. The van der Waals surface area contributed by atoms with Gasteiger partial charge in [-0.25, -0.2) is 8.78 Å². The van der Waals surface area contributed by atoms with E-state index in [9.17, 15) is 8.78 Å². The molecule has 0 aromatic heterocycles. The fraction of sp³-hybridized carbons (Fsp3) is 0.0769. The lowest BCUT2D eigenvalue weighted by atomic mass is 10.2. The molecule has 0 aliphatic carbocycles. The molecule has 0 aliphatic rings. The smallest absolute Gasteiger partial charge is 0.127 e. The molecule has 0 fully saturated rings. The van der Waals surface area contributed by atoms with Gasteiger partial charge in [0, 0.05) is 21.2 Å². The zero-order valence-electron chi connectivity index (χ0n) is 8.79. The minimum atomic E-state index is -0.539. The van der Waals surface area contributed by atoms with Gasteiger partial charge in [-0.15, -0.1) is 11.8 Å². The Morgan fingerprint density at radius 2 is 1.53 bits per heavy atom. The number of hydrogen-bond donors (Lipinski definition) is 0. The largest absolute Gasteiger partial charge is 0.207 e. The summed E-state index contributed by atoms with van der Waals surface area (Å²) in [6, 6.07) is 11.4. The molecule has 0 bridgehead atoms. The molecule has 0 saturated heterocycles. The Kier molecular flexibility index (Phi) is 4.18. The van der Waals surface area contributed by atoms with Crippen molar-refractivity contribution in [2.45, 2.75) is 10.6 Å². The first kappa shape index (κ1) is 12.6. The number of hydrogen-bond acceptors (Lipinski definition) is 1. The summed E-state index contributed by atoms with van der Waals surface area (Å²) in [4.78, 5) is 0.602. The highest BCUT2D eigenvalue weighted by molar-refractivity contribution is 9.10. The Morgan fingerprint density at radius 1 is 0.941 bits per heavy atom. The van der Waals surface area contributed by atoms with Gasteiger partial charge in [-0.05, 0) is 29.8 Å². The number of benzene rings is 2. The van der Waals surface area contributed by atoms with Crippen LogP contribution in [0.25, 0.3) is 0 Å². The number of thioether (sulfide) groups is 1. The molecular formula is C13H9BrF2S. The topological polar surface area (TPSA) is 0 Å². The quantitative estimate of drug-likeness (QED) is 0.717. The van der Waals surface area contributed by atoms with E-state index in [0.29, 0.717) is 10.6 Å². The highest BCUT2D eigenvalue weighted by atomic mass is 79.9. The van der Waals surface area contributed by atoms with E-state index < -0.39 is 11.6 Å². The second-order valence-electron chi connectivity index (χ2n) is 3.52. The van der Waals surface area contributed by atoms with E-state index >= 15 is 0 Å². The van der Waals surface area contributed by atoms with Crippen molar-refractivity contribution in [1.29, 1.82) is 0 Å². The summed E-state index contributed by atoms with van der Waals surface area (Å²) < 4.78 is 26.9. The molecule has 0 spiro atoms. The van der Waals surface area contributed by atoms with Crippen LogP contribution < -0.4 is 0 Å². The fourth-order valence-electron chi connectivity index (χ4n) is 1.36. The van der Waals surface area contributed by atoms with E-state index in [4.69, 9.17) is 0 Å². The zero-order chi connectivity index (χ0) is 12.3. The third kappa shape index (κ3) is 3.82. The van der Waals surface area contributed by atoms with Crippen LogP contribution in [0.3, 0.4) is 0 Å². The summed E-state index contributed by atoms with van der Waals surface area (Å²) in [6.07, 6.45) is 0. The molecule has 0 unspecified atom stereocenters. The first-order valence-corrected chi connectivity index (χ1v) is 6.75. The van der Waals surface area contributed by atoms with E-state index in [-0.39, 0.29) is 0 Å². The molecule has 0 amide bonds. The van der Waals surface area contributed by atoms with Crippen LogP contribution >= 0.6 is 27.7 Å². The average Bonchev–Trinajstić information content (AvgIpc) is 2.27.